The zero-order valence-corrected chi connectivity index (χ0v) is 20.4. The molecule has 0 atom stereocenters. The number of amides is 2. The van der Waals surface area contributed by atoms with E-state index >= 15 is 0 Å². The fourth-order valence-corrected chi connectivity index (χ4v) is 3.52. The molecule has 0 saturated carbocycles. The number of nitriles is 1. The molecule has 178 valence electrons. The van der Waals surface area contributed by atoms with Crippen molar-refractivity contribution in [2.45, 2.75) is 6.92 Å². The zero-order valence-electron chi connectivity index (χ0n) is 18.9. The standard InChI is InChI=1S/C26H21Cl2N3O4/c1-16-7-3-5-9-21(16)31-26(33)18(14-29)11-17-12-20(28)25(23(13-17)34-2)35-15-24(32)30-22-10-6-4-8-19(22)27/h3-13H,15H2,1-2H3,(H,30,32)(H,31,33)/b18-11-. The van der Waals surface area contributed by atoms with Crippen molar-refractivity contribution in [3.63, 3.8) is 0 Å². The first-order chi connectivity index (χ1) is 16.8. The first kappa shape index (κ1) is 25.6. The summed E-state index contributed by atoms with van der Waals surface area (Å²) in [7, 11) is 1.41. The largest absolute Gasteiger partial charge is 0.493 e. The van der Waals surface area contributed by atoms with Crippen LogP contribution in [0, 0.1) is 18.3 Å². The molecule has 3 rings (SSSR count). The summed E-state index contributed by atoms with van der Waals surface area (Å²) in [5.74, 6) is -0.636. The Kier molecular flexibility index (Phi) is 8.74. The summed E-state index contributed by atoms with van der Waals surface area (Å²) in [6.45, 7) is 1.50. The number of hydrogen-bond acceptors (Lipinski definition) is 5. The lowest BCUT2D eigenvalue weighted by atomic mass is 10.1. The molecule has 0 spiro atoms. The number of ether oxygens (including phenoxy) is 2. The third-order valence-electron chi connectivity index (χ3n) is 4.82. The Morgan fingerprint density at radius 1 is 1.00 bits per heavy atom. The van der Waals surface area contributed by atoms with Gasteiger partial charge in [-0.2, -0.15) is 5.26 Å². The van der Waals surface area contributed by atoms with E-state index in [0.29, 0.717) is 22.0 Å². The molecule has 7 nitrogen and oxygen atoms in total. The van der Waals surface area contributed by atoms with Gasteiger partial charge in [0.2, 0.25) is 0 Å². The highest BCUT2D eigenvalue weighted by Gasteiger charge is 2.16. The van der Waals surface area contributed by atoms with Gasteiger partial charge in [-0.1, -0.05) is 53.5 Å². The lowest BCUT2D eigenvalue weighted by molar-refractivity contribution is -0.118. The predicted octanol–water partition coefficient (Wildman–Crippen LogP) is 5.87. The van der Waals surface area contributed by atoms with Crippen LogP contribution < -0.4 is 20.1 Å². The summed E-state index contributed by atoms with van der Waals surface area (Å²) in [5.41, 5.74) is 2.24. The van der Waals surface area contributed by atoms with Crippen LogP contribution in [-0.2, 0) is 9.59 Å². The van der Waals surface area contributed by atoms with Crippen molar-refractivity contribution in [3.05, 3.63) is 87.4 Å². The Balaban J connectivity index is 1.75. The number of rotatable bonds is 8. The Morgan fingerprint density at radius 3 is 2.34 bits per heavy atom. The van der Waals surface area contributed by atoms with Crippen molar-refractivity contribution in [1.29, 1.82) is 5.26 Å². The molecule has 35 heavy (non-hydrogen) atoms. The lowest BCUT2D eigenvalue weighted by Crippen LogP contribution is -2.20. The van der Waals surface area contributed by atoms with Gasteiger partial charge >= 0.3 is 0 Å². The molecule has 0 unspecified atom stereocenters. The average Bonchev–Trinajstić information content (AvgIpc) is 2.84. The second-order valence-electron chi connectivity index (χ2n) is 7.29. The van der Waals surface area contributed by atoms with Crippen LogP contribution in [0.4, 0.5) is 11.4 Å². The zero-order chi connectivity index (χ0) is 25.4. The van der Waals surface area contributed by atoms with E-state index in [1.807, 2.05) is 25.1 Å². The first-order valence-corrected chi connectivity index (χ1v) is 11.1. The fraction of sp³-hybridized carbons (Fsp3) is 0.115. The van der Waals surface area contributed by atoms with Gasteiger partial charge in [-0.05, 0) is 54.5 Å². The molecular weight excluding hydrogens is 489 g/mol. The van der Waals surface area contributed by atoms with E-state index in [0.717, 1.165) is 5.56 Å². The number of carbonyl (C=O) groups is 2. The minimum absolute atomic E-state index is 0.126. The van der Waals surface area contributed by atoms with Crippen LogP contribution in [-0.4, -0.2) is 25.5 Å². The summed E-state index contributed by atoms with van der Waals surface area (Å²) in [4.78, 5) is 24.9. The average molecular weight is 510 g/mol. The van der Waals surface area contributed by atoms with Gasteiger partial charge < -0.3 is 20.1 Å². The topological polar surface area (TPSA) is 100 Å². The molecule has 9 heteroatoms. The molecule has 2 amide bonds. The maximum absolute atomic E-state index is 12.6. The Labute approximate surface area is 212 Å². The van der Waals surface area contributed by atoms with E-state index in [2.05, 4.69) is 10.6 Å². The van der Waals surface area contributed by atoms with Crippen LogP contribution >= 0.6 is 23.2 Å². The normalized spacial score (nSPS) is 10.8. The smallest absolute Gasteiger partial charge is 0.266 e. The summed E-state index contributed by atoms with van der Waals surface area (Å²) in [6, 6.07) is 19.0. The molecular formula is C26H21Cl2N3O4. The summed E-state index contributed by atoms with van der Waals surface area (Å²) in [6.07, 6.45) is 1.38. The third-order valence-corrected chi connectivity index (χ3v) is 5.43. The van der Waals surface area contributed by atoms with Gasteiger partial charge in [0.1, 0.15) is 11.6 Å². The van der Waals surface area contributed by atoms with Crippen molar-refractivity contribution in [1.82, 2.24) is 0 Å². The van der Waals surface area contributed by atoms with Crippen LogP contribution in [0.1, 0.15) is 11.1 Å². The molecule has 0 fully saturated rings. The van der Waals surface area contributed by atoms with Crippen molar-refractivity contribution in [2.24, 2.45) is 0 Å². The molecule has 3 aromatic carbocycles. The molecule has 0 heterocycles. The highest BCUT2D eigenvalue weighted by Crippen LogP contribution is 2.37. The second kappa shape index (κ2) is 11.9. The van der Waals surface area contributed by atoms with Gasteiger partial charge in [0, 0.05) is 5.69 Å². The van der Waals surface area contributed by atoms with Gasteiger partial charge in [-0.25, -0.2) is 0 Å². The molecule has 0 aromatic heterocycles. The van der Waals surface area contributed by atoms with E-state index in [1.54, 1.807) is 42.5 Å². The SMILES string of the molecule is COc1cc(/C=C(/C#N)C(=O)Nc2ccccc2C)cc(Cl)c1OCC(=O)Nc1ccccc1Cl. The van der Waals surface area contributed by atoms with Gasteiger partial charge in [-0.3, -0.25) is 9.59 Å². The van der Waals surface area contributed by atoms with E-state index in [1.165, 1.54) is 19.3 Å². The molecule has 0 radical (unpaired) electrons. The van der Waals surface area contributed by atoms with E-state index < -0.39 is 11.8 Å². The summed E-state index contributed by atoms with van der Waals surface area (Å²) in [5, 5.41) is 15.4. The molecule has 0 aliphatic heterocycles. The molecule has 0 saturated heterocycles. The monoisotopic (exact) mass is 509 g/mol. The lowest BCUT2D eigenvalue weighted by Gasteiger charge is -2.14. The maximum atomic E-state index is 12.6. The van der Waals surface area contributed by atoms with Crippen LogP contribution in [0.5, 0.6) is 11.5 Å². The number of nitrogens with one attached hydrogen (secondary N) is 2. The minimum atomic E-state index is -0.562. The number of nitrogens with zero attached hydrogens (tertiary/aromatic N) is 1. The number of anilines is 2. The van der Waals surface area contributed by atoms with E-state index in [4.69, 9.17) is 32.7 Å². The Bertz CT molecular complexity index is 1330. The molecule has 0 bridgehead atoms. The minimum Gasteiger partial charge on any atom is -0.493 e. The van der Waals surface area contributed by atoms with Crippen LogP contribution in [0.2, 0.25) is 10.0 Å². The Morgan fingerprint density at radius 2 is 1.69 bits per heavy atom. The number of para-hydroxylation sites is 2. The van der Waals surface area contributed by atoms with Gasteiger partial charge in [-0.15, -0.1) is 0 Å². The number of halogens is 2. The summed E-state index contributed by atoms with van der Waals surface area (Å²) >= 11 is 12.4. The van der Waals surface area contributed by atoms with Crippen molar-refractivity contribution < 1.29 is 19.1 Å². The van der Waals surface area contributed by atoms with Crippen LogP contribution in [0.15, 0.2) is 66.2 Å². The predicted molar refractivity (Wildman–Crippen MR) is 137 cm³/mol. The molecule has 2 N–H and O–H groups in total. The molecule has 0 aliphatic carbocycles. The van der Waals surface area contributed by atoms with E-state index in [9.17, 15) is 14.9 Å². The van der Waals surface area contributed by atoms with Gasteiger partial charge in [0.15, 0.2) is 18.1 Å². The number of carbonyl (C=O) groups excluding carboxylic acids is 2. The van der Waals surface area contributed by atoms with Gasteiger partial charge in [0.05, 0.1) is 22.8 Å². The number of benzene rings is 3. The van der Waals surface area contributed by atoms with Crippen molar-refractivity contribution in [3.8, 4) is 17.6 Å². The molecule has 0 aliphatic rings. The second-order valence-corrected chi connectivity index (χ2v) is 8.10. The number of aryl methyl sites for hydroxylation is 1. The highest BCUT2D eigenvalue weighted by atomic mass is 35.5. The van der Waals surface area contributed by atoms with Crippen LogP contribution in [0.25, 0.3) is 6.08 Å². The fourth-order valence-electron chi connectivity index (χ4n) is 3.07. The number of hydrogen-bond donors (Lipinski definition) is 2. The Hall–Kier alpha value is -3.99. The maximum Gasteiger partial charge on any atom is 0.266 e. The van der Waals surface area contributed by atoms with Gasteiger partial charge in [0.25, 0.3) is 11.8 Å². The van der Waals surface area contributed by atoms with Crippen molar-refractivity contribution >= 4 is 52.5 Å². The van der Waals surface area contributed by atoms with Crippen molar-refractivity contribution in [2.75, 3.05) is 24.4 Å². The third kappa shape index (κ3) is 6.76. The summed E-state index contributed by atoms with van der Waals surface area (Å²) < 4.78 is 10.9. The molecule has 3 aromatic rings. The highest BCUT2D eigenvalue weighted by molar-refractivity contribution is 6.33. The van der Waals surface area contributed by atoms with E-state index in [-0.39, 0.29) is 28.7 Å². The first-order valence-electron chi connectivity index (χ1n) is 10.4. The quantitative estimate of drug-likeness (QED) is 0.292. The van der Waals surface area contributed by atoms with Crippen LogP contribution in [0.3, 0.4) is 0 Å². The number of methoxy groups -OCH3 is 1.